The second-order valence-electron chi connectivity index (χ2n) is 5.72. The number of hydrogen-bond acceptors (Lipinski definition) is 5. The van der Waals surface area contributed by atoms with Gasteiger partial charge in [0.1, 0.15) is 0 Å². The number of anilines is 1. The summed E-state index contributed by atoms with van der Waals surface area (Å²) >= 11 is 1.75. The molecule has 0 heterocycles. The van der Waals surface area contributed by atoms with Crippen molar-refractivity contribution in [2.45, 2.75) is 38.2 Å². The van der Waals surface area contributed by atoms with Gasteiger partial charge in [0.05, 0.1) is 11.8 Å². The minimum Gasteiger partial charge on any atom is -0.444 e. The van der Waals surface area contributed by atoms with E-state index < -0.39 is 22.7 Å². The summed E-state index contributed by atoms with van der Waals surface area (Å²) in [6.07, 6.45) is 9.42. The predicted octanol–water partition coefficient (Wildman–Crippen LogP) is 3.44. The lowest BCUT2D eigenvalue weighted by atomic mass is 9.98. The Bertz CT molecular complexity index is 682. The molecule has 1 aromatic carbocycles. The molecule has 0 aliphatic heterocycles. The number of thioether (sulfide) groups is 1. The van der Waals surface area contributed by atoms with E-state index in [2.05, 4.69) is 15.7 Å². The van der Waals surface area contributed by atoms with Crippen LogP contribution in [-0.4, -0.2) is 29.9 Å². The molecule has 0 spiro atoms. The number of hydrogen-bond donors (Lipinski definition) is 2. The zero-order valence-corrected chi connectivity index (χ0v) is 15.4. The largest absolute Gasteiger partial charge is 0.444 e. The van der Waals surface area contributed by atoms with Crippen LogP contribution in [0.4, 0.5) is 10.5 Å². The highest BCUT2D eigenvalue weighted by atomic mass is 32.2. The van der Waals surface area contributed by atoms with Crippen LogP contribution in [0.25, 0.3) is 0 Å². The number of urea groups is 1. The number of aliphatic hydroxyl groups is 1. The van der Waals surface area contributed by atoms with Gasteiger partial charge in [0, 0.05) is 5.56 Å². The monoisotopic (exact) mass is 355 g/mol. The number of aryl methyl sites for hydroxylation is 2. The average Bonchev–Trinajstić information content (AvgIpc) is 3.06. The minimum absolute atomic E-state index is 0.529. The Morgan fingerprint density at radius 3 is 2.70 bits per heavy atom. The van der Waals surface area contributed by atoms with Crippen molar-refractivity contribution in [3.8, 4) is 0 Å². The molecule has 23 heavy (non-hydrogen) atoms. The second kappa shape index (κ2) is 8.17. The molecule has 0 bridgehead atoms. The quantitative estimate of drug-likeness (QED) is 0.756. The highest BCUT2D eigenvalue weighted by Crippen LogP contribution is 2.42. The van der Waals surface area contributed by atoms with Crippen molar-refractivity contribution in [2.24, 2.45) is 4.36 Å². The van der Waals surface area contributed by atoms with Crippen LogP contribution >= 0.6 is 11.8 Å². The Hall–Kier alpha value is -1.05. The fourth-order valence-electron chi connectivity index (χ4n) is 3.24. The van der Waals surface area contributed by atoms with Gasteiger partial charge in [-0.2, -0.15) is 22.4 Å². The van der Waals surface area contributed by atoms with Crippen LogP contribution in [0.2, 0.25) is 0 Å². The molecule has 2 amide bonds. The molecule has 2 N–H and O–H groups in total. The fraction of sp³-hybridized carbons (Fsp3) is 0.562. The molecule has 0 saturated carbocycles. The third kappa shape index (κ3) is 4.28. The van der Waals surface area contributed by atoms with Crippen LogP contribution in [0, 0.1) is 0 Å². The highest BCUT2D eigenvalue weighted by molar-refractivity contribution is 7.97. The van der Waals surface area contributed by atoms with Crippen LogP contribution < -0.4 is 5.32 Å². The van der Waals surface area contributed by atoms with Crippen LogP contribution in [0.3, 0.4) is 0 Å². The van der Waals surface area contributed by atoms with Gasteiger partial charge in [-0.15, -0.1) is 6.26 Å². The zero-order chi connectivity index (χ0) is 17.0. The summed E-state index contributed by atoms with van der Waals surface area (Å²) in [5, 5.41) is 12.9. The summed E-state index contributed by atoms with van der Waals surface area (Å²) in [6, 6.07) is 1.56. The molecule has 128 valence electrons. The molecule has 1 atom stereocenters. The minimum atomic E-state index is -1.52. The van der Waals surface area contributed by atoms with Crippen molar-refractivity contribution in [3.63, 3.8) is 0 Å². The van der Waals surface area contributed by atoms with Gasteiger partial charge in [-0.25, -0.2) is 4.79 Å². The lowest BCUT2D eigenvalue weighted by Gasteiger charge is -2.17. The van der Waals surface area contributed by atoms with E-state index in [0.29, 0.717) is 12.1 Å². The molecular formula is C16H23N2O3S2-. The third-order valence-corrected chi connectivity index (χ3v) is 4.41. The number of carbonyl (C=O) groups excluding carboxylic acids is 1. The highest BCUT2D eigenvalue weighted by Gasteiger charge is 2.29. The first kappa shape index (κ1) is 18.3. The molecule has 7 heteroatoms. The van der Waals surface area contributed by atoms with E-state index in [-0.39, 0.29) is 0 Å². The molecule has 5 nitrogen and oxygen atoms in total. The Kier molecular flexibility index (Phi) is 6.50. The summed E-state index contributed by atoms with van der Waals surface area (Å²) in [5.41, 5.74) is 5.02. The number of aliphatic hydroxyl groups excluding tert-OH is 1. The van der Waals surface area contributed by atoms with E-state index in [4.69, 9.17) is 0 Å². The van der Waals surface area contributed by atoms with Crippen molar-refractivity contribution in [2.75, 3.05) is 24.1 Å². The number of carbonyl (C=O) groups is 1. The summed E-state index contributed by atoms with van der Waals surface area (Å²) < 4.78 is 14.5. The number of amides is 2. The Morgan fingerprint density at radius 2 is 2.04 bits per heavy atom. The van der Waals surface area contributed by atoms with E-state index in [1.165, 1.54) is 11.8 Å². The summed E-state index contributed by atoms with van der Waals surface area (Å²) in [6.45, 7) is 0. The van der Waals surface area contributed by atoms with Crippen molar-refractivity contribution in [1.82, 2.24) is 0 Å². The average molecular weight is 356 g/mol. The molecular weight excluding hydrogens is 332 g/mol. The summed E-state index contributed by atoms with van der Waals surface area (Å²) in [4.78, 5) is 11.8. The lowest BCUT2D eigenvalue weighted by molar-refractivity contribution is 0.180. The molecule has 2 aliphatic carbocycles. The zero-order valence-electron chi connectivity index (χ0n) is 13.7. The molecule has 0 fully saturated rings. The molecule has 0 aromatic heterocycles. The van der Waals surface area contributed by atoms with Gasteiger partial charge < -0.3 is 19.0 Å². The van der Waals surface area contributed by atoms with Gasteiger partial charge >= 0.3 is 6.03 Å². The number of rotatable bonds is 1. The number of nitrogens with zero attached hydrogens (tertiary/aromatic N) is 1. The Morgan fingerprint density at radius 1 is 1.35 bits per heavy atom. The van der Waals surface area contributed by atoms with Crippen molar-refractivity contribution in [3.05, 3.63) is 28.3 Å². The predicted molar refractivity (Wildman–Crippen MR) is 96.6 cm³/mol. The third-order valence-electron chi connectivity index (χ3n) is 3.99. The first-order valence-corrected chi connectivity index (χ1v) is 10.7. The first-order valence-electron chi connectivity index (χ1n) is 7.59. The molecule has 1 unspecified atom stereocenters. The number of fused-ring (bicyclic) bond motifs is 2. The van der Waals surface area contributed by atoms with Crippen LogP contribution in [0.15, 0.2) is 10.4 Å². The van der Waals surface area contributed by atoms with E-state index in [1.807, 2.05) is 12.5 Å². The summed E-state index contributed by atoms with van der Waals surface area (Å²) in [5.74, 6) is 0. The fourth-order valence-corrected chi connectivity index (χ4v) is 3.52. The molecule has 1 aromatic rings. The molecule has 2 aliphatic rings. The maximum atomic E-state index is 11.8. The standard InChI is InChI=1S/C14H17N2O3S.C2H6S/c1-20(19)16-14(18)15-13-10-4-2-3-8(10)7-9-5-6-11(17)12(9)13;1-3-2/h7,11,17H,2-6H2,1H3,(H,15,18);1-2H3/q-1;. The maximum Gasteiger partial charge on any atom is 0.322 e. The van der Waals surface area contributed by atoms with Crippen LogP contribution in [-0.2, 0) is 34.1 Å². The van der Waals surface area contributed by atoms with Gasteiger partial charge in [-0.3, -0.25) is 0 Å². The molecule has 0 saturated heterocycles. The summed E-state index contributed by atoms with van der Waals surface area (Å²) in [7, 11) is -1.52. The van der Waals surface area contributed by atoms with Crippen LogP contribution in [0.5, 0.6) is 0 Å². The van der Waals surface area contributed by atoms with Gasteiger partial charge in [0.25, 0.3) is 0 Å². The van der Waals surface area contributed by atoms with Gasteiger partial charge in [0.15, 0.2) is 0 Å². The second-order valence-corrected chi connectivity index (χ2v) is 7.57. The van der Waals surface area contributed by atoms with Gasteiger partial charge in [0.2, 0.25) is 0 Å². The lowest BCUT2D eigenvalue weighted by Crippen LogP contribution is -2.12. The smallest absolute Gasteiger partial charge is 0.322 e. The number of nitrogens with one attached hydrogen (secondary N) is 1. The normalized spacial score (nSPS) is 19.6. The number of benzene rings is 1. The molecule has 0 radical (unpaired) electrons. The first-order chi connectivity index (χ1) is 11.0. The van der Waals surface area contributed by atoms with Crippen molar-refractivity contribution >= 4 is 34.1 Å². The van der Waals surface area contributed by atoms with Crippen molar-refractivity contribution < 1.29 is 14.1 Å². The van der Waals surface area contributed by atoms with E-state index in [9.17, 15) is 14.1 Å². The maximum absolute atomic E-state index is 11.8. The van der Waals surface area contributed by atoms with E-state index >= 15 is 0 Å². The van der Waals surface area contributed by atoms with E-state index in [0.717, 1.165) is 42.4 Å². The van der Waals surface area contributed by atoms with Gasteiger partial charge in [-0.1, -0.05) is 6.07 Å². The van der Waals surface area contributed by atoms with Gasteiger partial charge in [-0.05, 0) is 61.3 Å². The van der Waals surface area contributed by atoms with Crippen molar-refractivity contribution in [1.29, 1.82) is 0 Å². The van der Waals surface area contributed by atoms with Crippen LogP contribution in [0.1, 0.15) is 41.2 Å². The molecule has 3 rings (SSSR count). The topological polar surface area (TPSA) is 78.8 Å². The van der Waals surface area contributed by atoms with E-state index in [1.54, 1.807) is 11.8 Å². The Labute approximate surface area is 143 Å². The SMILES string of the molecule is CSC.C[S-](=O)=NC(=O)Nc1c2c(cc3c1C(O)CC3)CCC2. The Balaban J connectivity index is 0.000000595.